The number of aromatic nitrogens is 3. The van der Waals surface area contributed by atoms with Gasteiger partial charge in [0.1, 0.15) is 0 Å². The lowest BCUT2D eigenvalue weighted by molar-refractivity contribution is 0.925. The fraction of sp³-hybridized carbons (Fsp3) is 0.200. The Morgan fingerprint density at radius 3 is 2.80 bits per heavy atom. The summed E-state index contributed by atoms with van der Waals surface area (Å²) in [7, 11) is 0. The van der Waals surface area contributed by atoms with Gasteiger partial charge in [0, 0.05) is 24.2 Å². The average Bonchev–Trinajstić information content (AvgIpc) is 2.87. The Hall–Kier alpha value is -1.85. The van der Waals surface area contributed by atoms with E-state index in [0.29, 0.717) is 6.54 Å². The van der Waals surface area contributed by atoms with Crippen LogP contribution in [0.5, 0.6) is 0 Å². The van der Waals surface area contributed by atoms with Gasteiger partial charge in [0.15, 0.2) is 5.16 Å². The fourth-order valence-electron chi connectivity index (χ4n) is 2.12. The zero-order valence-electron chi connectivity index (χ0n) is 11.2. The summed E-state index contributed by atoms with van der Waals surface area (Å²) in [5, 5.41) is 1.08. The van der Waals surface area contributed by atoms with Crippen LogP contribution in [0.25, 0.3) is 11.0 Å². The lowest BCUT2D eigenvalue weighted by Crippen LogP contribution is -2.09. The molecule has 102 valence electrons. The molecule has 1 unspecified atom stereocenters. The number of nitrogens with one attached hydrogen (secondary N) is 1. The molecule has 0 fully saturated rings. The number of nitrogens with two attached hydrogens (primary N) is 1. The standard InChI is InChI=1S/C15H16N4S/c1-10-2-3-12-13(8-10)19-15(18-12)20-14(9-16)11-4-6-17-7-5-11/h2-8,14H,9,16H2,1H3,(H,18,19). The average molecular weight is 284 g/mol. The van der Waals surface area contributed by atoms with E-state index in [1.807, 2.05) is 18.2 Å². The lowest BCUT2D eigenvalue weighted by atomic mass is 10.2. The molecule has 0 aliphatic carbocycles. The molecule has 0 radical (unpaired) electrons. The molecule has 0 amide bonds. The molecule has 1 aromatic carbocycles. The maximum atomic E-state index is 5.89. The van der Waals surface area contributed by atoms with Gasteiger partial charge in [0.2, 0.25) is 0 Å². The summed E-state index contributed by atoms with van der Waals surface area (Å²) in [4.78, 5) is 12.0. The monoisotopic (exact) mass is 284 g/mol. The van der Waals surface area contributed by atoms with Crippen LogP contribution in [0.15, 0.2) is 47.9 Å². The number of hydrogen-bond donors (Lipinski definition) is 2. The molecule has 20 heavy (non-hydrogen) atoms. The van der Waals surface area contributed by atoms with Crippen LogP contribution in [0.3, 0.4) is 0 Å². The lowest BCUT2D eigenvalue weighted by Gasteiger charge is -2.12. The molecule has 3 N–H and O–H groups in total. The molecule has 0 spiro atoms. The van der Waals surface area contributed by atoms with Crippen LogP contribution in [0.1, 0.15) is 16.4 Å². The van der Waals surface area contributed by atoms with Crippen LogP contribution in [0.2, 0.25) is 0 Å². The molecule has 0 bridgehead atoms. The highest BCUT2D eigenvalue weighted by molar-refractivity contribution is 7.99. The summed E-state index contributed by atoms with van der Waals surface area (Å²) in [6.45, 7) is 2.64. The van der Waals surface area contributed by atoms with Gasteiger partial charge in [0.05, 0.1) is 11.0 Å². The highest BCUT2D eigenvalue weighted by Gasteiger charge is 2.14. The summed E-state index contributed by atoms with van der Waals surface area (Å²) in [5.74, 6) is 0. The smallest absolute Gasteiger partial charge is 0.167 e. The van der Waals surface area contributed by atoms with Gasteiger partial charge < -0.3 is 10.7 Å². The molecule has 0 saturated heterocycles. The number of aryl methyl sites for hydroxylation is 1. The van der Waals surface area contributed by atoms with Crippen molar-refractivity contribution in [2.24, 2.45) is 5.73 Å². The van der Waals surface area contributed by atoms with Crippen LogP contribution >= 0.6 is 11.8 Å². The number of thioether (sulfide) groups is 1. The van der Waals surface area contributed by atoms with E-state index < -0.39 is 0 Å². The number of imidazole rings is 1. The number of benzene rings is 1. The third-order valence-corrected chi connectivity index (χ3v) is 4.33. The first-order valence-electron chi connectivity index (χ1n) is 6.49. The predicted octanol–water partition coefficient (Wildman–Crippen LogP) is 3.06. The van der Waals surface area contributed by atoms with E-state index in [4.69, 9.17) is 5.73 Å². The van der Waals surface area contributed by atoms with E-state index in [-0.39, 0.29) is 5.25 Å². The van der Waals surface area contributed by atoms with Crippen molar-refractivity contribution in [3.05, 3.63) is 53.9 Å². The number of hydrogen-bond acceptors (Lipinski definition) is 4. The molecular weight excluding hydrogens is 268 g/mol. The zero-order valence-corrected chi connectivity index (χ0v) is 12.0. The van der Waals surface area contributed by atoms with Crippen molar-refractivity contribution in [1.29, 1.82) is 0 Å². The van der Waals surface area contributed by atoms with E-state index in [9.17, 15) is 0 Å². The topological polar surface area (TPSA) is 67.6 Å². The second-order valence-corrected chi connectivity index (χ2v) is 5.88. The van der Waals surface area contributed by atoms with Crippen molar-refractivity contribution in [1.82, 2.24) is 15.0 Å². The maximum absolute atomic E-state index is 5.89. The number of nitrogens with zero attached hydrogens (tertiary/aromatic N) is 2. The molecule has 4 nitrogen and oxygen atoms in total. The Morgan fingerprint density at radius 1 is 1.25 bits per heavy atom. The minimum Gasteiger partial charge on any atom is -0.333 e. The third kappa shape index (κ3) is 2.69. The second-order valence-electron chi connectivity index (χ2n) is 4.69. The molecular formula is C15H16N4S. The van der Waals surface area contributed by atoms with Crippen molar-refractivity contribution >= 4 is 22.8 Å². The first-order chi connectivity index (χ1) is 9.76. The van der Waals surface area contributed by atoms with Crippen molar-refractivity contribution < 1.29 is 0 Å². The van der Waals surface area contributed by atoms with E-state index in [2.05, 4.69) is 34.0 Å². The number of aromatic amines is 1. The van der Waals surface area contributed by atoms with Gasteiger partial charge in [-0.25, -0.2) is 4.98 Å². The fourth-order valence-corrected chi connectivity index (χ4v) is 3.10. The van der Waals surface area contributed by atoms with Gasteiger partial charge in [-0.2, -0.15) is 0 Å². The van der Waals surface area contributed by atoms with Gasteiger partial charge in [-0.3, -0.25) is 4.98 Å². The molecule has 2 heterocycles. The van der Waals surface area contributed by atoms with Gasteiger partial charge in [-0.15, -0.1) is 0 Å². The normalized spacial score (nSPS) is 12.7. The minimum absolute atomic E-state index is 0.180. The first kappa shape index (κ1) is 13.1. The zero-order chi connectivity index (χ0) is 13.9. The van der Waals surface area contributed by atoms with E-state index >= 15 is 0 Å². The molecule has 0 saturated carbocycles. The Morgan fingerprint density at radius 2 is 2.05 bits per heavy atom. The second kappa shape index (κ2) is 5.64. The van der Waals surface area contributed by atoms with E-state index in [0.717, 1.165) is 16.2 Å². The number of rotatable bonds is 4. The molecule has 3 aromatic rings. The van der Waals surface area contributed by atoms with Crippen molar-refractivity contribution in [2.75, 3.05) is 6.54 Å². The summed E-state index contributed by atoms with van der Waals surface area (Å²) >= 11 is 1.65. The summed E-state index contributed by atoms with van der Waals surface area (Å²) in [6, 6.07) is 10.2. The highest BCUT2D eigenvalue weighted by Crippen LogP contribution is 2.33. The Balaban J connectivity index is 1.87. The molecule has 2 aromatic heterocycles. The van der Waals surface area contributed by atoms with Gasteiger partial charge in [-0.1, -0.05) is 17.8 Å². The Labute approximate surface area is 121 Å². The van der Waals surface area contributed by atoms with E-state index in [1.54, 1.807) is 24.2 Å². The minimum atomic E-state index is 0.180. The predicted molar refractivity (Wildman–Crippen MR) is 82.7 cm³/mol. The van der Waals surface area contributed by atoms with Crippen LogP contribution in [-0.2, 0) is 0 Å². The molecule has 0 aliphatic heterocycles. The van der Waals surface area contributed by atoms with Gasteiger partial charge >= 0.3 is 0 Å². The van der Waals surface area contributed by atoms with E-state index in [1.165, 1.54) is 11.1 Å². The molecule has 1 atom stereocenters. The SMILES string of the molecule is Cc1ccc2nc(SC(CN)c3ccncc3)[nH]c2c1. The Kier molecular flexibility index (Phi) is 3.71. The van der Waals surface area contributed by atoms with Crippen molar-refractivity contribution in [3.63, 3.8) is 0 Å². The molecule has 3 rings (SSSR count). The van der Waals surface area contributed by atoms with Crippen LogP contribution in [0, 0.1) is 6.92 Å². The van der Waals surface area contributed by atoms with Crippen LogP contribution < -0.4 is 5.73 Å². The van der Waals surface area contributed by atoms with Crippen molar-refractivity contribution in [2.45, 2.75) is 17.3 Å². The summed E-state index contributed by atoms with van der Waals surface area (Å²) in [6.07, 6.45) is 3.58. The van der Waals surface area contributed by atoms with Gasteiger partial charge in [-0.05, 0) is 42.3 Å². The Bertz CT molecular complexity index is 708. The number of fused-ring (bicyclic) bond motifs is 1. The molecule has 0 aliphatic rings. The highest BCUT2D eigenvalue weighted by atomic mass is 32.2. The summed E-state index contributed by atoms with van der Waals surface area (Å²) in [5.41, 5.74) is 10.3. The third-order valence-electron chi connectivity index (χ3n) is 3.16. The van der Waals surface area contributed by atoms with Crippen LogP contribution in [-0.4, -0.2) is 21.5 Å². The maximum Gasteiger partial charge on any atom is 0.167 e. The first-order valence-corrected chi connectivity index (χ1v) is 7.37. The molecule has 5 heteroatoms. The number of H-pyrrole nitrogens is 1. The largest absolute Gasteiger partial charge is 0.333 e. The number of pyridine rings is 1. The summed E-state index contributed by atoms with van der Waals surface area (Å²) < 4.78 is 0. The van der Waals surface area contributed by atoms with Gasteiger partial charge in [0.25, 0.3) is 0 Å². The van der Waals surface area contributed by atoms with Crippen molar-refractivity contribution in [3.8, 4) is 0 Å². The van der Waals surface area contributed by atoms with Crippen LogP contribution in [0.4, 0.5) is 0 Å². The quantitative estimate of drug-likeness (QED) is 0.723.